The standard InChI is InChI=1S/C17H13ClO2/c1-11-3-2-4-13-10-16(20-17(11)13)15(19)9-12-5-7-14(18)8-6-12/h2-8,10H,9H2,1H3. The number of Topliss-reactive ketones (excluding diaryl/α,β-unsaturated/α-hetero) is 1. The van der Waals surface area contributed by atoms with Crippen LogP contribution < -0.4 is 0 Å². The fraction of sp³-hybridized carbons (Fsp3) is 0.118. The van der Waals surface area contributed by atoms with E-state index in [1.807, 2.05) is 37.3 Å². The van der Waals surface area contributed by atoms with E-state index in [0.29, 0.717) is 17.2 Å². The molecule has 3 aromatic rings. The Kier molecular flexibility index (Phi) is 3.33. The van der Waals surface area contributed by atoms with Gasteiger partial charge in [0, 0.05) is 16.8 Å². The molecule has 0 amide bonds. The number of hydrogen-bond acceptors (Lipinski definition) is 2. The number of benzene rings is 2. The van der Waals surface area contributed by atoms with Gasteiger partial charge in [0.25, 0.3) is 0 Å². The molecule has 0 bridgehead atoms. The van der Waals surface area contributed by atoms with Crippen LogP contribution in [0, 0.1) is 6.92 Å². The second-order valence-electron chi connectivity index (χ2n) is 4.83. The van der Waals surface area contributed by atoms with E-state index >= 15 is 0 Å². The quantitative estimate of drug-likeness (QED) is 0.646. The molecule has 3 heteroatoms. The molecule has 1 aromatic heterocycles. The van der Waals surface area contributed by atoms with Crippen LogP contribution in [0.3, 0.4) is 0 Å². The minimum Gasteiger partial charge on any atom is -0.453 e. The number of ketones is 1. The van der Waals surface area contributed by atoms with E-state index < -0.39 is 0 Å². The van der Waals surface area contributed by atoms with Crippen LogP contribution in [0.15, 0.2) is 52.9 Å². The van der Waals surface area contributed by atoms with Crippen molar-refractivity contribution in [3.8, 4) is 0 Å². The molecule has 20 heavy (non-hydrogen) atoms. The first-order valence-corrected chi connectivity index (χ1v) is 6.78. The van der Waals surface area contributed by atoms with Crippen LogP contribution in [-0.2, 0) is 6.42 Å². The average Bonchev–Trinajstić information content (AvgIpc) is 2.87. The fourth-order valence-corrected chi connectivity index (χ4v) is 2.35. The van der Waals surface area contributed by atoms with E-state index in [-0.39, 0.29) is 5.78 Å². The van der Waals surface area contributed by atoms with Gasteiger partial charge in [-0.3, -0.25) is 4.79 Å². The molecule has 0 aliphatic rings. The highest BCUT2D eigenvalue weighted by Gasteiger charge is 2.13. The number of carbonyl (C=O) groups excluding carboxylic acids is 1. The van der Waals surface area contributed by atoms with Gasteiger partial charge in [0.15, 0.2) is 5.76 Å². The maximum absolute atomic E-state index is 12.3. The highest BCUT2D eigenvalue weighted by atomic mass is 35.5. The molecule has 100 valence electrons. The van der Waals surface area contributed by atoms with Crippen molar-refractivity contribution in [3.63, 3.8) is 0 Å². The van der Waals surface area contributed by atoms with Crippen molar-refractivity contribution in [3.05, 3.63) is 70.4 Å². The van der Waals surface area contributed by atoms with Crippen molar-refractivity contribution in [2.75, 3.05) is 0 Å². The topological polar surface area (TPSA) is 30.2 Å². The summed E-state index contributed by atoms with van der Waals surface area (Å²) in [7, 11) is 0. The molecule has 0 saturated carbocycles. The van der Waals surface area contributed by atoms with Crippen molar-refractivity contribution in [1.82, 2.24) is 0 Å². The zero-order valence-corrected chi connectivity index (χ0v) is 11.8. The highest BCUT2D eigenvalue weighted by molar-refractivity contribution is 6.30. The van der Waals surface area contributed by atoms with Gasteiger partial charge in [-0.15, -0.1) is 0 Å². The smallest absolute Gasteiger partial charge is 0.202 e. The SMILES string of the molecule is Cc1cccc2cc(C(=O)Cc3ccc(Cl)cc3)oc12. The van der Waals surface area contributed by atoms with Crippen molar-refractivity contribution in [2.24, 2.45) is 0 Å². The van der Waals surface area contributed by atoms with Gasteiger partial charge >= 0.3 is 0 Å². The summed E-state index contributed by atoms with van der Waals surface area (Å²) < 4.78 is 5.68. The Morgan fingerprint density at radius 1 is 1.15 bits per heavy atom. The third kappa shape index (κ3) is 2.47. The van der Waals surface area contributed by atoms with Gasteiger partial charge in [-0.1, -0.05) is 41.9 Å². The van der Waals surface area contributed by atoms with E-state index in [4.69, 9.17) is 16.0 Å². The molecule has 0 N–H and O–H groups in total. The number of fused-ring (bicyclic) bond motifs is 1. The third-order valence-electron chi connectivity index (χ3n) is 3.29. The molecular formula is C17H13ClO2. The largest absolute Gasteiger partial charge is 0.453 e. The summed E-state index contributed by atoms with van der Waals surface area (Å²) in [6.07, 6.45) is 0.316. The molecule has 2 aromatic carbocycles. The zero-order valence-electron chi connectivity index (χ0n) is 11.0. The van der Waals surface area contributed by atoms with E-state index in [1.165, 1.54) is 0 Å². The van der Waals surface area contributed by atoms with Crippen molar-refractivity contribution in [1.29, 1.82) is 0 Å². The Balaban J connectivity index is 1.89. The van der Waals surface area contributed by atoms with Gasteiger partial charge in [-0.2, -0.15) is 0 Å². The van der Waals surface area contributed by atoms with Crippen molar-refractivity contribution in [2.45, 2.75) is 13.3 Å². The van der Waals surface area contributed by atoms with E-state index in [0.717, 1.165) is 22.1 Å². The van der Waals surface area contributed by atoms with Crippen LogP contribution in [0.5, 0.6) is 0 Å². The lowest BCUT2D eigenvalue weighted by atomic mass is 10.1. The number of hydrogen-bond donors (Lipinski definition) is 0. The van der Waals surface area contributed by atoms with Gasteiger partial charge in [-0.05, 0) is 36.2 Å². The van der Waals surface area contributed by atoms with Crippen LogP contribution >= 0.6 is 11.6 Å². The number of carbonyl (C=O) groups is 1. The molecule has 0 aliphatic carbocycles. The molecule has 0 spiro atoms. The predicted molar refractivity (Wildman–Crippen MR) is 80.4 cm³/mol. The number of furan rings is 1. The first-order chi connectivity index (χ1) is 9.63. The molecule has 0 radical (unpaired) electrons. The fourth-order valence-electron chi connectivity index (χ4n) is 2.22. The van der Waals surface area contributed by atoms with Gasteiger partial charge in [0.05, 0.1) is 0 Å². The van der Waals surface area contributed by atoms with Crippen LogP contribution in [0.25, 0.3) is 11.0 Å². The first kappa shape index (κ1) is 12.9. The minimum absolute atomic E-state index is 0.0251. The van der Waals surface area contributed by atoms with Crippen LogP contribution in [0.1, 0.15) is 21.7 Å². The minimum atomic E-state index is -0.0251. The molecule has 0 atom stereocenters. The Morgan fingerprint density at radius 2 is 1.90 bits per heavy atom. The second-order valence-corrected chi connectivity index (χ2v) is 5.27. The number of para-hydroxylation sites is 1. The van der Waals surface area contributed by atoms with Gasteiger partial charge < -0.3 is 4.42 Å². The summed E-state index contributed by atoms with van der Waals surface area (Å²) in [4.78, 5) is 12.3. The zero-order chi connectivity index (χ0) is 14.1. The van der Waals surface area contributed by atoms with Crippen LogP contribution in [-0.4, -0.2) is 5.78 Å². The Labute approximate surface area is 122 Å². The molecule has 0 saturated heterocycles. The molecule has 2 nitrogen and oxygen atoms in total. The summed E-state index contributed by atoms with van der Waals surface area (Å²) in [5.74, 6) is 0.382. The molecule has 0 fully saturated rings. The predicted octanol–water partition coefficient (Wildman–Crippen LogP) is 4.82. The van der Waals surface area contributed by atoms with Crippen LogP contribution in [0.2, 0.25) is 5.02 Å². The summed E-state index contributed by atoms with van der Waals surface area (Å²) in [5, 5.41) is 1.63. The number of aryl methyl sites for hydroxylation is 1. The van der Waals surface area contributed by atoms with E-state index in [2.05, 4.69) is 0 Å². The van der Waals surface area contributed by atoms with Gasteiger partial charge in [0.1, 0.15) is 5.58 Å². The molecule has 1 heterocycles. The Hall–Kier alpha value is -2.06. The Bertz CT molecular complexity index is 769. The lowest BCUT2D eigenvalue weighted by Gasteiger charge is -1.99. The molecular weight excluding hydrogens is 272 g/mol. The lowest BCUT2D eigenvalue weighted by Crippen LogP contribution is -2.01. The van der Waals surface area contributed by atoms with E-state index in [1.54, 1.807) is 18.2 Å². The third-order valence-corrected chi connectivity index (χ3v) is 3.55. The summed E-state index contributed by atoms with van der Waals surface area (Å²) in [5.41, 5.74) is 2.75. The highest BCUT2D eigenvalue weighted by Crippen LogP contribution is 2.23. The lowest BCUT2D eigenvalue weighted by molar-refractivity contribution is 0.0968. The van der Waals surface area contributed by atoms with Crippen molar-refractivity contribution < 1.29 is 9.21 Å². The maximum atomic E-state index is 12.3. The molecule has 3 rings (SSSR count). The average molecular weight is 285 g/mol. The number of rotatable bonds is 3. The first-order valence-electron chi connectivity index (χ1n) is 6.40. The molecule has 0 unspecified atom stereocenters. The van der Waals surface area contributed by atoms with E-state index in [9.17, 15) is 4.79 Å². The maximum Gasteiger partial charge on any atom is 0.202 e. The number of halogens is 1. The van der Waals surface area contributed by atoms with Crippen LogP contribution in [0.4, 0.5) is 0 Å². The van der Waals surface area contributed by atoms with Gasteiger partial charge in [-0.25, -0.2) is 0 Å². The second kappa shape index (κ2) is 5.14. The van der Waals surface area contributed by atoms with Gasteiger partial charge in [0.2, 0.25) is 5.78 Å². The summed E-state index contributed by atoms with van der Waals surface area (Å²) in [6, 6.07) is 15.0. The van der Waals surface area contributed by atoms with Crippen molar-refractivity contribution >= 4 is 28.4 Å². The Morgan fingerprint density at radius 3 is 2.60 bits per heavy atom. The monoisotopic (exact) mass is 284 g/mol. The summed E-state index contributed by atoms with van der Waals surface area (Å²) >= 11 is 5.83. The normalized spacial score (nSPS) is 10.9. The molecule has 0 aliphatic heterocycles. The summed E-state index contributed by atoms with van der Waals surface area (Å²) in [6.45, 7) is 1.97.